The smallest absolute Gasteiger partial charge is 0.165 e. The zero-order valence-corrected chi connectivity index (χ0v) is 11.2. The summed E-state index contributed by atoms with van der Waals surface area (Å²) in [6.07, 6.45) is 0.377. The zero-order valence-electron chi connectivity index (χ0n) is 11.2. The average Bonchev–Trinajstić information content (AvgIpc) is 2.38. The monoisotopic (exact) mass is 271 g/mol. The lowest BCUT2D eigenvalue weighted by molar-refractivity contribution is -0.105. The van der Waals surface area contributed by atoms with Crippen molar-refractivity contribution in [1.82, 2.24) is 5.32 Å². The number of nitrogens with one attached hydrogen (secondary N) is 1. The number of likely N-dealkylation sites (N-methyl/N-ethyl adjacent to an activating group) is 1. The van der Waals surface area contributed by atoms with Gasteiger partial charge in [0.15, 0.2) is 11.6 Å². The lowest BCUT2D eigenvalue weighted by atomic mass is 9.85. The molecule has 1 aromatic carbocycles. The minimum atomic E-state index is -0.552. The normalized spacial score (nSPS) is 26.0. The number of halogens is 2. The van der Waals surface area contributed by atoms with Gasteiger partial charge < -0.3 is 14.8 Å². The molecule has 1 aromatic rings. The average molecular weight is 271 g/mol. The summed E-state index contributed by atoms with van der Waals surface area (Å²) in [6, 6.07) is 3.43. The maximum atomic E-state index is 13.5. The molecule has 3 unspecified atom stereocenters. The molecule has 3 nitrogen and oxygen atoms in total. The topological polar surface area (TPSA) is 30.5 Å². The molecular formula is C14H19F2NO2. The Morgan fingerprint density at radius 2 is 2.11 bits per heavy atom. The maximum Gasteiger partial charge on any atom is 0.165 e. The van der Waals surface area contributed by atoms with Crippen LogP contribution in [0.2, 0.25) is 0 Å². The fourth-order valence-electron chi connectivity index (χ4n) is 2.31. The molecular weight excluding hydrogens is 252 g/mol. The van der Waals surface area contributed by atoms with E-state index >= 15 is 0 Å². The molecule has 5 heteroatoms. The van der Waals surface area contributed by atoms with Crippen molar-refractivity contribution < 1.29 is 18.3 Å². The Morgan fingerprint density at radius 3 is 2.79 bits per heavy atom. The van der Waals surface area contributed by atoms with E-state index < -0.39 is 11.6 Å². The van der Waals surface area contributed by atoms with Gasteiger partial charge in [0.1, 0.15) is 18.0 Å². The molecule has 1 N–H and O–H groups in total. The van der Waals surface area contributed by atoms with Crippen LogP contribution in [0.15, 0.2) is 18.2 Å². The molecule has 2 rings (SSSR count). The molecule has 0 bridgehead atoms. The zero-order chi connectivity index (χ0) is 13.8. The largest absolute Gasteiger partial charge is 0.484 e. The van der Waals surface area contributed by atoms with Crippen molar-refractivity contribution in [2.45, 2.75) is 38.5 Å². The van der Waals surface area contributed by atoms with Gasteiger partial charge in [0.25, 0.3) is 0 Å². The van der Waals surface area contributed by atoms with E-state index in [1.165, 1.54) is 0 Å². The summed E-state index contributed by atoms with van der Waals surface area (Å²) in [7, 11) is 0. The van der Waals surface area contributed by atoms with Crippen LogP contribution in [0.5, 0.6) is 5.75 Å². The number of hydrogen-bond donors (Lipinski definition) is 1. The van der Waals surface area contributed by atoms with Crippen LogP contribution < -0.4 is 10.1 Å². The Morgan fingerprint density at radius 1 is 1.32 bits per heavy atom. The highest BCUT2D eigenvalue weighted by molar-refractivity contribution is 5.26. The van der Waals surface area contributed by atoms with Crippen LogP contribution in [0, 0.1) is 11.6 Å². The van der Waals surface area contributed by atoms with Crippen molar-refractivity contribution in [3.63, 3.8) is 0 Å². The van der Waals surface area contributed by atoms with E-state index in [2.05, 4.69) is 5.32 Å². The molecule has 1 saturated carbocycles. The Labute approximate surface area is 111 Å². The minimum Gasteiger partial charge on any atom is -0.484 e. The second-order valence-corrected chi connectivity index (χ2v) is 4.55. The van der Waals surface area contributed by atoms with Crippen LogP contribution in [-0.2, 0) is 4.74 Å². The summed E-state index contributed by atoms with van der Waals surface area (Å²) < 4.78 is 37.7. The second-order valence-electron chi connectivity index (χ2n) is 4.55. The fraction of sp³-hybridized carbons (Fsp3) is 0.571. The molecule has 0 radical (unpaired) electrons. The van der Waals surface area contributed by atoms with Gasteiger partial charge in [0, 0.05) is 25.1 Å². The molecule has 19 heavy (non-hydrogen) atoms. The lowest BCUT2D eigenvalue weighted by Gasteiger charge is -2.44. The van der Waals surface area contributed by atoms with Crippen molar-refractivity contribution in [3.05, 3.63) is 29.8 Å². The molecule has 0 saturated heterocycles. The molecule has 106 valence electrons. The van der Waals surface area contributed by atoms with Crippen LogP contribution >= 0.6 is 0 Å². The second kappa shape index (κ2) is 6.30. The van der Waals surface area contributed by atoms with E-state index in [4.69, 9.17) is 9.47 Å². The quantitative estimate of drug-likeness (QED) is 0.862. The van der Waals surface area contributed by atoms with Crippen molar-refractivity contribution in [2.24, 2.45) is 0 Å². The van der Waals surface area contributed by atoms with Crippen molar-refractivity contribution in [3.8, 4) is 5.75 Å². The Kier molecular flexibility index (Phi) is 4.71. The van der Waals surface area contributed by atoms with Crippen LogP contribution in [0.3, 0.4) is 0 Å². The first-order chi connectivity index (χ1) is 9.15. The van der Waals surface area contributed by atoms with Gasteiger partial charge in [-0.1, -0.05) is 6.92 Å². The van der Waals surface area contributed by atoms with E-state index in [9.17, 15) is 8.78 Å². The number of rotatable bonds is 6. The first kappa shape index (κ1) is 14.2. The third-order valence-corrected chi connectivity index (χ3v) is 3.25. The first-order valence-electron chi connectivity index (χ1n) is 6.62. The molecule has 0 spiro atoms. The number of ether oxygens (including phenoxy) is 2. The number of hydrogen-bond acceptors (Lipinski definition) is 3. The van der Waals surface area contributed by atoms with E-state index in [1.807, 2.05) is 13.8 Å². The van der Waals surface area contributed by atoms with Crippen molar-refractivity contribution >= 4 is 0 Å². The van der Waals surface area contributed by atoms with Gasteiger partial charge in [0.05, 0.1) is 0 Å². The summed E-state index contributed by atoms with van der Waals surface area (Å²) in [6.45, 7) is 5.33. The predicted octanol–water partition coefficient (Wildman–Crippen LogP) is 2.50. The minimum absolute atomic E-state index is 0.0512. The Balaban J connectivity index is 2.00. The fourth-order valence-corrected chi connectivity index (χ4v) is 2.31. The SMILES string of the molecule is CCNC1CC(Oc2cc(F)ccc2F)C1OCC. The van der Waals surface area contributed by atoms with E-state index in [1.54, 1.807) is 0 Å². The van der Waals surface area contributed by atoms with Gasteiger partial charge in [-0.25, -0.2) is 8.78 Å². The summed E-state index contributed by atoms with van der Waals surface area (Å²) in [5.74, 6) is -1.11. The summed E-state index contributed by atoms with van der Waals surface area (Å²) in [4.78, 5) is 0. The standard InChI is InChI=1S/C14H19F2NO2/c1-3-17-11-8-13(14(11)18-4-2)19-12-7-9(15)5-6-10(12)16/h5-7,11,13-14,17H,3-4,8H2,1-2H3. The molecule has 1 aliphatic rings. The van der Waals surface area contributed by atoms with Gasteiger partial charge >= 0.3 is 0 Å². The lowest BCUT2D eigenvalue weighted by Crippen LogP contribution is -2.61. The van der Waals surface area contributed by atoms with Gasteiger partial charge in [0.2, 0.25) is 0 Å². The molecule has 1 fully saturated rings. The highest BCUT2D eigenvalue weighted by Gasteiger charge is 2.43. The highest BCUT2D eigenvalue weighted by Crippen LogP contribution is 2.30. The maximum absolute atomic E-state index is 13.5. The summed E-state index contributed by atoms with van der Waals surface area (Å²) in [5.41, 5.74) is 0. The van der Waals surface area contributed by atoms with E-state index in [0.717, 1.165) is 31.2 Å². The van der Waals surface area contributed by atoms with Gasteiger partial charge in [-0.15, -0.1) is 0 Å². The van der Waals surface area contributed by atoms with E-state index in [-0.39, 0.29) is 24.0 Å². The van der Waals surface area contributed by atoms with Crippen LogP contribution in [0.25, 0.3) is 0 Å². The van der Waals surface area contributed by atoms with Gasteiger partial charge in [-0.2, -0.15) is 0 Å². The number of benzene rings is 1. The molecule has 1 aliphatic carbocycles. The first-order valence-corrected chi connectivity index (χ1v) is 6.62. The van der Waals surface area contributed by atoms with Crippen LogP contribution in [0.4, 0.5) is 8.78 Å². The van der Waals surface area contributed by atoms with Gasteiger partial charge in [-0.05, 0) is 25.6 Å². The summed E-state index contributed by atoms with van der Waals surface area (Å²) >= 11 is 0. The predicted molar refractivity (Wildman–Crippen MR) is 68.3 cm³/mol. The Hall–Kier alpha value is -1.20. The van der Waals surface area contributed by atoms with Crippen molar-refractivity contribution in [1.29, 1.82) is 0 Å². The third-order valence-electron chi connectivity index (χ3n) is 3.25. The third kappa shape index (κ3) is 3.22. The molecule has 0 amide bonds. The molecule has 0 aromatic heterocycles. The molecule has 3 atom stereocenters. The summed E-state index contributed by atoms with van der Waals surface area (Å²) in [5, 5.41) is 3.29. The highest BCUT2D eigenvalue weighted by atomic mass is 19.1. The van der Waals surface area contributed by atoms with Crippen molar-refractivity contribution in [2.75, 3.05) is 13.2 Å². The van der Waals surface area contributed by atoms with E-state index in [0.29, 0.717) is 6.61 Å². The van der Waals surface area contributed by atoms with Gasteiger partial charge in [-0.3, -0.25) is 0 Å². The molecule has 0 heterocycles. The van der Waals surface area contributed by atoms with Crippen LogP contribution in [-0.4, -0.2) is 31.4 Å². The van der Waals surface area contributed by atoms with Crippen LogP contribution in [0.1, 0.15) is 20.3 Å². The molecule has 0 aliphatic heterocycles. The Bertz CT molecular complexity index is 428.